The monoisotopic (exact) mass is 466 g/mol. The fraction of sp³-hybridized carbons (Fsp3) is 0.292. The molecule has 0 spiro atoms. The van der Waals surface area contributed by atoms with Crippen molar-refractivity contribution in [3.8, 4) is 0 Å². The zero-order chi connectivity index (χ0) is 24.9. The van der Waals surface area contributed by atoms with E-state index >= 15 is 0 Å². The number of anilines is 2. The number of rotatable bonds is 8. The molecular weight excluding hydrogens is 440 g/mol. The summed E-state index contributed by atoms with van der Waals surface area (Å²) in [4.78, 5) is 62.3. The molecule has 0 radical (unpaired) electrons. The molecule has 1 aliphatic heterocycles. The Balaban J connectivity index is 1.59. The molecule has 0 unspecified atom stereocenters. The van der Waals surface area contributed by atoms with Gasteiger partial charge in [-0.2, -0.15) is 0 Å². The number of hydrogen-bond donors (Lipinski definition) is 3. The van der Waals surface area contributed by atoms with Crippen molar-refractivity contribution in [2.45, 2.75) is 38.8 Å². The minimum absolute atomic E-state index is 0.220. The van der Waals surface area contributed by atoms with Crippen LogP contribution in [0.2, 0.25) is 0 Å². The highest BCUT2D eigenvalue weighted by Gasteiger charge is 2.51. The van der Waals surface area contributed by atoms with E-state index in [1.54, 1.807) is 61.5 Å². The molecule has 10 heteroatoms. The Labute approximate surface area is 196 Å². The molecular formula is C24H26N4O6. The average molecular weight is 466 g/mol. The number of urea groups is 1. The van der Waals surface area contributed by atoms with E-state index in [0.717, 1.165) is 4.90 Å². The van der Waals surface area contributed by atoms with E-state index in [4.69, 9.17) is 4.74 Å². The van der Waals surface area contributed by atoms with E-state index in [0.29, 0.717) is 23.4 Å². The van der Waals surface area contributed by atoms with E-state index in [-0.39, 0.29) is 5.91 Å². The Morgan fingerprint density at radius 2 is 1.59 bits per heavy atom. The van der Waals surface area contributed by atoms with Gasteiger partial charge in [-0.1, -0.05) is 37.3 Å². The smallest absolute Gasteiger partial charge is 0.327 e. The second kappa shape index (κ2) is 10.2. The number of benzene rings is 2. The number of imide groups is 1. The number of carbonyl (C=O) groups is 5. The minimum atomic E-state index is -1.26. The standard InChI is InChI=1S/C24H26N4O6/c1-4-24(17-8-6-5-7-9-17)22(32)28(23(33)27-24)14-20(30)34-15(2)21(31)26-19-12-10-18(11-13-19)25-16(3)29/h5-13,15H,4,14H2,1-3H3,(H,25,29)(H,26,31)(H,27,33)/t15-,24-/m1/s1. The minimum Gasteiger partial charge on any atom is -0.451 e. The van der Waals surface area contributed by atoms with Gasteiger partial charge in [0.05, 0.1) is 0 Å². The lowest BCUT2D eigenvalue weighted by Gasteiger charge is -2.25. The summed E-state index contributed by atoms with van der Waals surface area (Å²) in [5.41, 5.74) is 0.359. The summed E-state index contributed by atoms with van der Waals surface area (Å²) in [6, 6.07) is 14.5. The van der Waals surface area contributed by atoms with Gasteiger partial charge in [0.15, 0.2) is 6.10 Å². The maximum atomic E-state index is 13.1. The molecule has 1 fully saturated rings. The lowest BCUT2D eigenvalue weighted by atomic mass is 9.87. The number of hydrogen-bond acceptors (Lipinski definition) is 6. The van der Waals surface area contributed by atoms with Gasteiger partial charge >= 0.3 is 12.0 Å². The Hall–Kier alpha value is -4.21. The van der Waals surface area contributed by atoms with Crippen molar-refractivity contribution < 1.29 is 28.7 Å². The summed E-state index contributed by atoms with van der Waals surface area (Å²) in [5, 5.41) is 7.89. The van der Waals surface area contributed by atoms with Crippen LogP contribution in [0.4, 0.5) is 16.2 Å². The van der Waals surface area contributed by atoms with E-state index in [9.17, 15) is 24.0 Å². The van der Waals surface area contributed by atoms with Crippen LogP contribution in [0.5, 0.6) is 0 Å². The first-order valence-corrected chi connectivity index (χ1v) is 10.7. The summed E-state index contributed by atoms with van der Waals surface area (Å²) in [6.45, 7) is 3.91. The molecule has 1 heterocycles. The summed E-state index contributed by atoms with van der Waals surface area (Å²) in [7, 11) is 0. The van der Waals surface area contributed by atoms with Crippen LogP contribution in [0.1, 0.15) is 32.8 Å². The molecule has 0 aromatic heterocycles. The molecule has 10 nitrogen and oxygen atoms in total. The van der Waals surface area contributed by atoms with Gasteiger partial charge in [0.2, 0.25) is 5.91 Å². The van der Waals surface area contributed by atoms with Crippen LogP contribution in [-0.4, -0.2) is 47.3 Å². The van der Waals surface area contributed by atoms with Gasteiger partial charge in [0, 0.05) is 18.3 Å². The largest absolute Gasteiger partial charge is 0.451 e. The van der Waals surface area contributed by atoms with Crippen molar-refractivity contribution in [3.05, 3.63) is 60.2 Å². The highest BCUT2D eigenvalue weighted by atomic mass is 16.5. The highest BCUT2D eigenvalue weighted by Crippen LogP contribution is 2.32. The second-order valence-corrected chi connectivity index (χ2v) is 7.83. The molecule has 3 rings (SSSR count). The van der Waals surface area contributed by atoms with Crippen molar-refractivity contribution in [1.82, 2.24) is 10.2 Å². The maximum Gasteiger partial charge on any atom is 0.327 e. The Kier molecular flexibility index (Phi) is 7.30. The van der Waals surface area contributed by atoms with Crippen LogP contribution in [0.15, 0.2) is 54.6 Å². The van der Waals surface area contributed by atoms with Crippen LogP contribution < -0.4 is 16.0 Å². The third-order valence-corrected chi connectivity index (χ3v) is 5.41. The van der Waals surface area contributed by atoms with Gasteiger partial charge in [-0.25, -0.2) is 4.79 Å². The number of nitrogens with one attached hydrogen (secondary N) is 3. The normalized spacial score (nSPS) is 18.1. The molecule has 3 N–H and O–H groups in total. The van der Waals surface area contributed by atoms with E-state index in [1.807, 2.05) is 0 Å². The van der Waals surface area contributed by atoms with Crippen LogP contribution in [0, 0.1) is 0 Å². The summed E-state index contributed by atoms with van der Waals surface area (Å²) in [6.07, 6.45) is -0.875. The predicted octanol–water partition coefficient (Wildman–Crippen LogP) is 2.37. The predicted molar refractivity (Wildman–Crippen MR) is 124 cm³/mol. The van der Waals surface area contributed by atoms with Crippen LogP contribution in [0.25, 0.3) is 0 Å². The summed E-state index contributed by atoms with van der Waals surface area (Å²) in [5.74, 6) is -2.26. The van der Waals surface area contributed by atoms with Crippen LogP contribution in [-0.2, 0) is 29.5 Å². The summed E-state index contributed by atoms with van der Waals surface area (Å²) < 4.78 is 5.14. The Bertz CT molecular complexity index is 1100. The number of esters is 1. The van der Waals surface area contributed by atoms with Gasteiger partial charge in [-0.3, -0.25) is 24.1 Å². The molecule has 1 aliphatic rings. The molecule has 178 valence electrons. The average Bonchev–Trinajstić information content (AvgIpc) is 3.05. The Morgan fingerprint density at radius 3 is 2.15 bits per heavy atom. The third kappa shape index (κ3) is 5.22. The maximum absolute atomic E-state index is 13.1. The first-order chi connectivity index (χ1) is 16.2. The molecule has 5 amide bonds. The number of nitrogens with zero attached hydrogens (tertiary/aromatic N) is 1. The highest BCUT2D eigenvalue weighted by molar-refractivity contribution is 6.09. The van der Waals surface area contributed by atoms with Crippen molar-refractivity contribution >= 4 is 41.1 Å². The zero-order valence-electron chi connectivity index (χ0n) is 19.1. The van der Waals surface area contributed by atoms with Crippen molar-refractivity contribution in [1.29, 1.82) is 0 Å². The topological polar surface area (TPSA) is 134 Å². The molecule has 1 saturated heterocycles. The van der Waals surface area contributed by atoms with E-state index in [2.05, 4.69) is 16.0 Å². The first-order valence-electron chi connectivity index (χ1n) is 10.7. The fourth-order valence-electron chi connectivity index (χ4n) is 3.63. The van der Waals surface area contributed by atoms with Crippen molar-refractivity contribution in [2.75, 3.05) is 17.2 Å². The first kappa shape index (κ1) is 24.4. The molecule has 2 atom stereocenters. The Morgan fingerprint density at radius 1 is 1.00 bits per heavy atom. The SMILES string of the molecule is CC[C@]1(c2ccccc2)NC(=O)N(CC(=O)O[C@H](C)C(=O)Nc2ccc(NC(C)=O)cc2)C1=O. The van der Waals surface area contributed by atoms with Crippen LogP contribution >= 0.6 is 0 Å². The van der Waals surface area contributed by atoms with Gasteiger partial charge in [-0.05, 0) is 43.2 Å². The lowest BCUT2D eigenvalue weighted by Crippen LogP contribution is -2.44. The van der Waals surface area contributed by atoms with Gasteiger partial charge in [0.1, 0.15) is 12.1 Å². The molecule has 0 bridgehead atoms. The zero-order valence-corrected chi connectivity index (χ0v) is 19.1. The molecule has 2 aromatic carbocycles. The lowest BCUT2D eigenvalue weighted by molar-refractivity contribution is -0.155. The van der Waals surface area contributed by atoms with Gasteiger partial charge < -0.3 is 20.7 Å². The number of ether oxygens (including phenoxy) is 1. The number of amides is 5. The molecule has 0 saturated carbocycles. The van der Waals surface area contributed by atoms with E-state index < -0.39 is 42.0 Å². The van der Waals surface area contributed by atoms with Gasteiger partial charge in [0.25, 0.3) is 11.8 Å². The number of carbonyl (C=O) groups excluding carboxylic acids is 5. The van der Waals surface area contributed by atoms with Gasteiger partial charge in [-0.15, -0.1) is 0 Å². The molecule has 34 heavy (non-hydrogen) atoms. The molecule has 2 aromatic rings. The van der Waals surface area contributed by atoms with E-state index in [1.165, 1.54) is 13.8 Å². The third-order valence-electron chi connectivity index (χ3n) is 5.41. The second-order valence-electron chi connectivity index (χ2n) is 7.83. The van der Waals surface area contributed by atoms with Crippen LogP contribution in [0.3, 0.4) is 0 Å². The summed E-state index contributed by atoms with van der Waals surface area (Å²) >= 11 is 0. The van der Waals surface area contributed by atoms with Crippen molar-refractivity contribution in [3.63, 3.8) is 0 Å². The van der Waals surface area contributed by atoms with Crippen molar-refractivity contribution in [2.24, 2.45) is 0 Å². The fourth-order valence-corrected chi connectivity index (χ4v) is 3.63. The molecule has 0 aliphatic carbocycles. The quantitative estimate of drug-likeness (QED) is 0.404.